The van der Waals surface area contributed by atoms with E-state index in [4.69, 9.17) is 10.8 Å². The van der Waals surface area contributed by atoms with Crippen LogP contribution in [0.2, 0.25) is 0 Å². The Balaban J connectivity index is 2.53. The van der Waals surface area contributed by atoms with Crippen LogP contribution in [0.5, 0.6) is 0 Å². The number of carboxylic acid groups (broad SMARTS) is 1. The molecule has 0 aliphatic heterocycles. The molecule has 1 unspecified atom stereocenters. The molecule has 1 saturated carbocycles. The molecule has 1 aliphatic carbocycles. The second-order valence-corrected chi connectivity index (χ2v) is 3.38. The number of hydrogen-bond acceptors (Lipinski definition) is 3. The van der Waals surface area contributed by atoms with Crippen molar-refractivity contribution in [2.24, 2.45) is 11.7 Å². The number of aliphatic hydroxyl groups excluding tert-OH is 1. The number of nitrogens with two attached hydrogens (primary N) is 1. The SMILES string of the molecule is N[C@@H](C(=O)O)C1CCCC[C@@H]1O. The molecule has 0 spiro atoms. The molecule has 12 heavy (non-hydrogen) atoms. The van der Waals surface area contributed by atoms with Crippen LogP contribution in [0.1, 0.15) is 25.7 Å². The second kappa shape index (κ2) is 3.87. The third-order valence-corrected chi connectivity index (χ3v) is 2.53. The van der Waals surface area contributed by atoms with Crippen LogP contribution in [-0.4, -0.2) is 28.3 Å². The highest BCUT2D eigenvalue weighted by Gasteiger charge is 2.32. The Morgan fingerprint density at radius 1 is 1.42 bits per heavy atom. The zero-order valence-electron chi connectivity index (χ0n) is 6.94. The van der Waals surface area contributed by atoms with E-state index in [2.05, 4.69) is 0 Å². The van der Waals surface area contributed by atoms with E-state index in [1.165, 1.54) is 0 Å². The lowest BCUT2D eigenvalue weighted by molar-refractivity contribution is -0.141. The van der Waals surface area contributed by atoms with Gasteiger partial charge in [0.2, 0.25) is 0 Å². The van der Waals surface area contributed by atoms with Crippen LogP contribution in [0, 0.1) is 5.92 Å². The summed E-state index contributed by atoms with van der Waals surface area (Å²) in [4.78, 5) is 10.5. The molecule has 0 bridgehead atoms. The van der Waals surface area contributed by atoms with Crippen molar-refractivity contribution in [3.05, 3.63) is 0 Å². The van der Waals surface area contributed by atoms with Gasteiger partial charge in [-0.3, -0.25) is 4.79 Å². The van der Waals surface area contributed by atoms with E-state index < -0.39 is 18.1 Å². The summed E-state index contributed by atoms with van der Waals surface area (Å²) in [5.74, 6) is -1.27. The Morgan fingerprint density at radius 3 is 2.50 bits per heavy atom. The van der Waals surface area contributed by atoms with E-state index in [9.17, 15) is 9.90 Å². The molecule has 1 rings (SSSR count). The Bertz CT molecular complexity index is 172. The summed E-state index contributed by atoms with van der Waals surface area (Å²) < 4.78 is 0. The smallest absolute Gasteiger partial charge is 0.320 e. The molecule has 3 atom stereocenters. The van der Waals surface area contributed by atoms with Gasteiger partial charge >= 0.3 is 5.97 Å². The molecule has 0 aromatic heterocycles. The van der Waals surface area contributed by atoms with Crippen molar-refractivity contribution in [1.82, 2.24) is 0 Å². The van der Waals surface area contributed by atoms with E-state index in [1.54, 1.807) is 0 Å². The van der Waals surface area contributed by atoms with Gasteiger partial charge in [-0.15, -0.1) is 0 Å². The van der Waals surface area contributed by atoms with Gasteiger partial charge in [0.1, 0.15) is 6.04 Å². The van der Waals surface area contributed by atoms with Crippen LogP contribution in [-0.2, 0) is 4.79 Å². The largest absolute Gasteiger partial charge is 0.480 e. The van der Waals surface area contributed by atoms with Crippen molar-refractivity contribution >= 4 is 5.97 Å². The summed E-state index contributed by atoms with van der Waals surface area (Å²) in [5.41, 5.74) is 5.42. The van der Waals surface area contributed by atoms with Crippen LogP contribution in [0.3, 0.4) is 0 Å². The van der Waals surface area contributed by atoms with Crippen LogP contribution in [0.15, 0.2) is 0 Å². The monoisotopic (exact) mass is 173 g/mol. The minimum atomic E-state index is -1.01. The minimum Gasteiger partial charge on any atom is -0.480 e. The zero-order valence-corrected chi connectivity index (χ0v) is 6.94. The van der Waals surface area contributed by atoms with Crippen LogP contribution < -0.4 is 5.73 Å². The van der Waals surface area contributed by atoms with Gasteiger partial charge in [0, 0.05) is 5.92 Å². The van der Waals surface area contributed by atoms with E-state index in [1.807, 2.05) is 0 Å². The highest BCUT2D eigenvalue weighted by molar-refractivity contribution is 5.73. The Hall–Kier alpha value is -0.610. The lowest BCUT2D eigenvalue weighted by atomic mass is 9.82. The molecule has 4 heteroatoms. The summed E-state index contributed by atoms with van der Waals surface area (Å²) in [6.07, 6.45) is 2.84. The summed E-state index contributed by atoms with van der Waals surface area (Å²) in [6, 6.07) is -0.903. The number of hydrogen-bond donors (Lipinski definition) is 3. The average molecular weight is 173 g/mol. The van der Waals surface area contributed by atoms with Crippen molar-refractivity contribution in [3.63, 3.8) is 0 Å². The molecule has 70 valence electrons. The van der Waals surface area contributed by atoms with Gasteiger partial charge in [-0.2, -0.15) is 0 Å². The number of carboxylic acids is 1. The molecule has 0 amide bonds. The molecular formula is C8H15NO3. The molecule has 0 aromatic rings. The lowest BCUT2D eigenvalue weighted by Crippen LogP contribution is -2.45. The van der Waals surface area contributed by atoms with Gasteiger partial charge in [-0.1, -0.05) is 12.8 Å². The topological polar surface area (TPSA) is 83.6 Å². The lowest BCUT2D eigenvalue weighted by Gasteiger charge is -2.29. The molecule has 4 N–H and O–H groups in total. The standard InChI is InChI=1S/C8H15NO3/c9-7(8(11)12)5-3-1-2-4-6(5)10/h5-7,10H,1-4,9H2,(H,11,12)/t5?,6-,7+/m0/s1. The van der Waals surface area contributed by atoms with Crippen LogP contribution in [0.4, 0.5) is 0 Å². The number of aliphatic hydroxyl groups is 1. The number of aliphatic carboxylic acids is 1. The maximum atomic E-state index is 10.5. The fourth-order valence-electron chi connectivity index (χ4n) is 1.74. The average Bonchev–Trinajstić information content (AvgIpc) is 2.04. The molecular weight excluding hydrogens is 158 g/mol. The van der Waals surface area contributed by atoms with E-state index in [0.717, 1.165) is 19.3 Å². The second-order valence-electron chi connectivity index (χ2n) is 3.38. The first kappa shape index (κ1) is 9.48. The normalized spacial score (nSPS) is 32.8. The van der Waals surface area contributed by atoms with Gasteiger partial charge in [0.05, 0.1) is 6.10 Å². The highest BCUT2D eigenvalue weighted by atomic mass is 16.4. The van der Waals surface area contributed by atoms with Crippen molar-refractivity contribution in [2.75, 3.05) is 0 Å². The first-order valence-corrected chi connectivity index (χ1v) is 4.29. The van der Waals surface area contributed by atoms with Gasteiger partial charge in [-0.25, -0.2) is 0 Å². The summed E-state index contributed by atoms with van der Waals surface area (Å²) in [5, 5.41) is 18.1. The van der Waals surface area contributed by atoms with Crippen LogP contribution >= 0.6 is 0 Å². The quantitative estimate of drug-likeness (QED) is 0.546. The van der Waals surface area contributed by atoms with E-state index >= 15 is 0 Å². The first-order valence-electron chi connectivity index (χ1n) is 4.29. The van der Waals surface area contributed by atoms with Gasteiger partial charge in [0.25, 0.3) is 0 Å². The molecule has 0 aromatic carbocycles. The third-order valence-electron chi connectivity index (χ3n) is 2.53. The maximum Gasteiger partial charge on any atom is 0.320 e. The fourth-order valence-corrected chi connectivity index (χ4v) is 1.74. The van der Waals surface area contributed by atoms with Gasteiger partial charge < -0.3 is 15.9 Å². The molecule has 4 nitrogen and oxygen atoms in total. The maximum absolute atomic E-state index is 10.5. The van der Waals surface area contributed by atoms with E-state index in [-0.39, 0.29) is 5.92 Å². The Morgan fingerprint density at radius 2 is 2.00 bits per heavy atom. The van der Waals surface area contributed by atoms with Crippen molar-refractivity contribution < 1.29 is 15.0 Å². The predicted molar refractivity (Wildman–Crippen MR) is 43.6 cm³/mol. The van der Waals surface area contributed by atoms with Gasteiger partial charge in [0.15, 0.2) is 0 Å². The molecule has 1 aliphatic rings. The van der Waals surface area contributed by atoms with Gasteiger partial charge in [-0.05, 0) is 12.8 Å². The van der Waals surface area contributed by atoms with Crippen molar-refractivity contribution in [1.29, 1.82) is 0 Å². The fraction of sp³-hybridized carbons (Fsp3) is 0.875. The highest BCUT2D eigenvalue weighted by Crippen LogP contribution is 2.26. The molecule has 1 fully saturated rings. The molecule has 0 heterocycles. The molecule has 0 radical (unpaired) electrons. The number of carbonyl (C=O) groups is 1. The van der Waals surface area contributed by atoms with E-state index in [0.29, 0.717) is 6.42 Å². The third kappa shape index (κ3) is 1.95. The minimum absolute atomic E-state index is 0.253. The first-order chi connectivity index (χ1) is 5.63. The van der Waals surface area contributed by atoms with Crippen molar-refractivity contribution in [2.45, 2.75) is 37.8 Å². The predicted octanol–water partition coefficient (Wildman–Crippen LogP) is -0.0506. The Kier molecular flexibility index (Phi) is 3.05. The zero-order chi connectivity index (χ0) is 9.14. The summed E-state index contributed by atoms with van der Waals surface area (Å²) in [6.45, 7) is 0. The number of rotatable bonds is 2. The molecule has 0 saturated heterocycles. The summed E-state index contributed by atoms with van der Waals surface area (Å²) in [7, 11) is 0. The van der Waals surface area contributed by atoms with Crippen molar-refractivity contribution in [3.8, 4) is 0 Å². The Labute approximate surface area is 71.4 Å². The van der Waals surface area contributed by atoms with Crippen LogP contribution in [0.25, 0.3) is 0 Å². The summed E-state index contributed by atoms with van der Waals surface area (Å²) >= 11 is 0.